The van der Waals surface area contributed by atoms with Crippen LogP contribution in [0.3, 0.4) is 0 Å². The number of aliphatic carboxylic acids is 1. The summed E-state index contributed by atoms with van der Waals surface area (Å²) in [5.41, 5.74) is 8.89. The highest BCUT2D eigenvalue weighted by atomic mass is 32.1. The minimum absolute atomic E-state index is 0.0122. The van der Waals surface area contributed by atoms with Gasteiger partial charge in [-0.05, 0) is 24.3 Å². The molecular formula is C23H22N6O3S. The molecule has 1 aromatic carbocycles. The van der Waals surface area contributed by atoms with Crippen LogP contribution in [0, 0.1) is 17.2 Å². The number of anilines is 2. The minimum atomic E-state index is -0.901. The summed E-state index contributed by atoms with van der Waals surface area (Å²) >= 11 is 4.62. The minimum Gasteiger partial charge on any atom is -0.481 e. The van der Waals surface area contributed by atoms with Crippen LogP contribution in [-0.4, -0.2) is 31.9 Å². The van der Waals surface area contributed by atoms with E-state index in [0.29, 0.717) is 28.3 Å². The maximum atomic E-state index is 11.2. The average Bonchev–Trinajstić information content (AvgIpc) is 2.78. The molecule has 1 amide bonds. The summed E-state index contributed by atoms with van der Waals surface area (Å²) in [4.78, 5) is 35.7. The van der Waals surface area contributed by atoms with Gasteiger partial charge in [0.1, 0.15) is 28.5 Å². The Labute approximate surface area is 196 Å². The average molecular weight is 463 g/mol. The van der Waals surface area contributed by atoms with Gasteiger partial charge in [0.25, 0.3) is 0 Å². The number of hydrogen-bond acceptors (Lipinski definition) is 8. The van der Waals surface area contributed by atoms with Crippen molar-refractivity contribution in [2.24, 2.45) is 5.92 Å². The number of rotatable bonds is 7. The van der Waals surface area contributed by atoms with Crippen LogP contribution in [0.5, 0.6) is 0 Å². The molecule has 10 heteroatoms. The van der Waals surface area contributed by atoms with Crippen molar-refractivity contribution in [3.05, 3.63) is 65.2 Å². The first-order valence-electron chi connectivity index (χ1n) is 10.0. The molecule has 0 radical (unpaired) electrons. The first-order valence-corrected chi connectivity index (χ1v) is 10.5. The van der Waals surface area contributed by atoms with Crippen molar-refractivity contribution in [1.29, 1.82) is 5.26 Å². The van der Waals surface area contributed by atoms with E-state index in [2.05, 4.69) is 32.9 Å². The smallest absolute Gasteiger partial charge is 0.306 e. The number of amides is 1. The third-order valence-electron chi connectivity index (χ3n) is 4.83. The van der Waals surface area contributed by atoms with Crippen molar-refractivity contribution in [2.75, 3.05) is 11.1 Å². The maximum absolute atomic E-state index is 11.2. The summed E-state index contributed by atoms with van der Waals surface area (Å²) in [7, 11) is 0. The molecule has 3 aromatic rings. The highest BCUT2D eigenvalue weighted by Crippen LogP contribution is 2.31. The predicted octanol–water partition coefficient (Wildman–Crippen LogP) is 3.23. The standard InChI is InChI=1S/C23H22N6O3S/c1-12(23(31)32)10-16-4-3-5-18(27-16)20(33)22-28-19(17(11-24)21(25)29-22)14-6-8-15(9-7-14)26-13(2)30/h3-9,12,20,33H,10H2,1-2H3,(H,26,30)(H,31,32)(H2,25,28,29). The number of nitriles is 1. The number of carboxylic acids is 1. The zero-order chi connectivity index (χ0) is 24.1. The lowest BCUT2D eigenvalue weighted by atomic mass is 10.0. The van der Waals surface area contributed by atoms with Gasteiger partial charge in [0.05, 0.1) is 17.3 Å². The molecular weight excluding hydrogens is 440 g/mol. The van der Waals surface area contributed by atoms with E-state index in [1.807, 2.05) is 6.07 Å². The normalized spacial score (nSPS) is 12.4. The number of nitrogens with zero attached hydrogens (tertiary/aromatic N) is 4. The number of nitrogens with one attached hydrogen (secondary N) is 1. The Hall–Kier alpha value is -3.97. The number of benzene rings is 1. The molecule has 2 aromatic heterocycles. The monoisotopic (exact) mass is 462 g/mol. The van der Waals surface area contributed by atoms with Crippen LogP contribution in [0.4, 0.5) is 11.5 Å². The third kappa shape index (κ3) is 5.64. The summed E-state index contributed by atoms with van der Waals surface area (Å²) in [6.07, 6.45) is 0.270. The van der Waals surface area contributed by atoms with E-state index >= 15 is 0 Å². The van der Waals surface area contributed by atoms with E-state index in [9.17, 15) is 14.9 Å². The summed E-state index contributed by atoms with van der Waals surface area (Å²) < 4.78 is 0. The van der Waals surface area contributed by atoms with Gasteiger partial charge in [-0.2, -0.15) is 17.9 Å². The first kappa shape index (κ1) is 23.7. The summed E-state index contributed by atoms with van der Waals surface area (Å²) in [6.45, 7) is 3.03. The van der Waals surface area contributed by atoms with Crippen LogP contribution in [0.1, 0.15) is 41.9 Å². The molecule has 0 aliphatic carbocycles. The molecule has 2 atom stereocenters. The molecule has 2 unspecified atom stereocenters. The highest BCUT2D eigenvalue weighted by molar-refractivity contribution is 7.80. The van der Waals surface area contributed by atoms with E-state index in [4.69, 9.17) is 10.8 Å². The number of thiol groups is 1. The van der Waals surface area contributed by atoms with Crippen molar-refractivity contribution < 1.29 is 14.7 Å². The Morgan fingerprint density at radius 3 is 2.48 bits per heavy atom. The number of carboxylic acid groups (broad SMARTS) is 1. The largest absolute Gasteiger partial charge is 0.481 e. The van der Waals surface area contributed by atoms with Gasteiger partial charge in [0, 0.05) is 30.3 Å². The quantitative estimate of drug-likeness (QED) is 0.390. The Bertz CT molecular complexity index is 1240. The Morgan fingerprint density at radius 2 is 1.88 bits per heavy atom. The van der Waals surface area contributed by atoms with Crippen LogP contribution in [-0.2, 0) is 16.0 Å². The fourth-order valence-electron chi connectivity index (χ4n) is 3.15. The molecule has 9 nitrogen and oxygen atoms in total. The molecule has 33 heavy (non-hydrogen) atoms. The van der Waals surface area contributed by atoms with Gasteiger partial charge in [-0.25, -0.2) is 9.97 Å². The van der Waals surface area contributed by atoms with Crippen molar-refractivity contribution >= 4 is 36.0 Å². The summed E-state index contributed by atoms with van der Waals surface area (Å²) in [6, 6.07) is 14.1. The van der Waals surface area contributed by atoms with Gasteiger partial charge in [0.15, 0.2) is 0 Å². The van der Waals surface area contributed by atoms with Gasteiger partial charge in [-0.1, -0.05) is 25.1 Å². The summed E-state index contributed by atoms with van der Waals surface area (Å²) in [5.74, 6) is -1.41. The fourth-order valence-corrected chi connectivity index (χ4v) is 3.41. The number of aromatic nitrogens is 3. The van der Waals surface area contributed by atoms with E-state index < -0.39 is 17.1 Å². The van der Waals surface area contributed by atoms with Crippen molar-refractivity contribution in [3.8, 4) is 17.3 Å². The summed E-state index contributed by atoms with van der Waals surface area (Å²) in [5, 5.41) is 20.8. The van der Waals surface area contributed by atoms with Crippen LogP contribution >= 0.6 is 12.6 Å². The zero-order valence-electron chi connectivity index (χ0n) is 18.0. The SMILES string of the molecule is CC(=O)Nc1ccc(-c2nc(C(S)c3cccc(CC(C)C(=O)O)n3)nc(N)c2C#N)cc1. The van der Waals surface area contributed by atoms with Crippen molar-refractivity contribution in [3.63, 3.8) is 0 Å². The fraction of sp³-hybridized carbons (Fsp3) is 0.217. The van der Waals surface area contributed by atoms with Gasteiger partial charge in [-0.3, -0.25) is 14.6 Å². The number of nitrogen functional groups attached to an aromatic ring is 1. The van der Waals surface area contributed by atoms with Crippen LogP contribution in [0.25, 0.3) is 11.3 Å². The molecule has 0 spiro atoms. The van der Waals surface area contributed by atoms with Crippen LogP contribution in [0.2, 0.25) is 0 Å². The maximum Gasteiger partial charge on any atom is 0.306 e. The molecule has 0 fully saturated rings. The molecule has 0 bridgehead atoms. The van der Waals surface area contributed by atoms with E-state index in [1.165, 1.54) is 6.92 Å². The molecule has 3 rings (SSSR count). The molecule has 0 saturated heterocycles. The van der Waals surface area contributed by atoms with Crippen LogP contribution < -0.4 is 11.1 Å². The zero-order valence-corrected chi connectivity index (χ0v) is 18.9. The molecule has 0 saturated carbocycles. The van der Waals surface area contributed by atoms with E-state index in [1.54, 1.807) is 49.4 Å². The molecule has 168 valence electrons. The molecule has 0 aliphatic heterocycles. The van der Waals surface area contributed by atoms with Crippen molar-refractivity contribution in [2.45, 2.75) is 25.5 Å². The number of carbonyl (C=O) groups excluding carboxylic acids is 1. The number of pyridine rings is 1. The molecule has 4 N–H and O–H groups in total. The first-order chi connectivity index (χ1) is 15.7. The topological polar surface area (TPSA) is 155 Å². The number of hydrogen-bond donors (Lipinski definition) is 4. The van der Waals surface area contributed by atoms with Crippen LogP contribution in [0.15, 0.2) is 42.5 Å². The number of carbonyl (C=O) groups is 2. The van der Waals surface area contributed by atoms with Crippen molar-refractivity contribution in [1.82, 2.24) is 15.0 Å². The Morgan fingerprint density at radius 1 is 1.18 bits per heavy atom. The van der Waals surface area contributed by atoms with Gasteiger partial charge in [0.2, 0.25) is 5.91 Å². The predicted molar refractivity (Wildman–Crippen MR) is 126 cm³/mol. The van der Waals surface area contributed by atoms with Gasteiger partial charge in [-0.15, -0.1) is 0 Å². The number of nitrogens with two attached hydrogens (primary N) is 1. The second kappa shape index (κ2) is 10.1. The Balaban J connectivity index is 1.98. The molecule has 2 heterocycles. The van der Waals surface area contributed by atoms with Gasteiger partial charge >= 0.3 is 5.97 Å². The lowest BCUT2D eigenvalue weighted by molar-refractivity contribution is -0.141. The van der Waals surface area contributed by atoms with Gasteiger partial charge < -0.3 is 16.2 Å². The lowest BCUT2D eigenvalue weighted by Gasteiger charge is -2.14. The second-order valence-electron chi connectivity index (χ2n) is 7.46. The van der Waals surface area contributed by atoms with E-state index in [0.717, 1.165) is 0 Å². The molecule has 0 aliphatic rings. The highest BCUT2D eigenvalue weighted by Gasteiger charge is 2.21. The van der Waals surface area contributed by atoms with E-state index in [-0.39, 0.29) is 29.5 Å². The second-order valence-corrected chi connectivity index (χ2v) is 7.98. The third-order valence-corrected chi connectivity index (χ3v) is 5.33. The Kier molecular flexibility index (Phi) is 7.25. The lowest BCUT2D eigenvalue weighted by Crippen LogP contribution is -2.14.